The summed E-state index contributed by atoms with van der Waals surface area (Å²) >= 11 is 1.88. The molecule has 0 radical (unpaired) electrons. The van der Waals surface area contributed by atoms with E-state index in [-0.39, 0.29) is 5.41 Å². The molecule has 1 spiro atoms. The minimum Gasteiger partial charge on any atom is -0.228 e. The molecule has 2 nitrogen and oxygen atoms in total. The molecule has 0 fully saturated rings. The molecule has 0 N–H and O–H groups in total. The molecule has 0 bridgehead atoms. The van der Waals surface area contributed by atoms with Crippen molar-refractivity contribution in [2.24, 2.45) is 0 Å². The maximum Gasteiger partial charge on any atom is 0.160 e. The van der Waals surface area contributed by atoms with Gasteiger partial charge < -0.3 is 0 Å². The van der Waals surface area contributed by atoms with Crippen LogP contribution in [0.2, 0.25) is 0 Å². The summed E-state index contributed by atoms with van der Waals surface area (Å²) in [5.74, 6) is 0.729. The number of hydrogen-bond acceptors (Lipinski definition) is 3. The average Bonchev–Trinajstić information content (AvgIpc) is 3.45. The first-order chi connectivity index (χ1) is 23.8. The van der Waals surface area contributed by atoms with E-state index in [1.54, 1.807) is 0 Å². The smallest absolute Gasteiger partial charge is 0.160 e. The molecule has 2 aliphatic rings. The second-order valence-electron chi connectivity index (χ2n) is 12.5. The lowest BCUT2D eigenvalue weighted by atomic mass is 9.67. The van der Waals surface area contributed by atoms with Crippen LogP contribution < -0.4 is 0 Å². The molecular weight excluding hydrogens is 601 g/mol. The van der Waals surface area contributed by atoms with Crippen LogP contribution in [0.5, 0.6) is 0 Å². The van der Waals surface area contributed by atoms with E-state index in [2.05, 4.69) is 164 Å². The highest BCUT2D eigenvalue weighted by Gasteiger charge is 2.50. The van der Waals surface area contributed by atoms with Gasteiger partial charge in [0.2, 0.25) is 0 Å². The second kappa shape index (κ2) is 10.6. The Morgan fingerprint density at radius 2 is 0.958 bits per heavy atom. The monoisotopic (exact) mass is 628 g/mol. The van der Waals surface area contributed by atoms with E-state index in [0.717, 1.165) is 33.5 Å². The fourth-order valence-electron chi connectivity index (χ4n) is 7.87. The summed E-state index contributed by atoms with van der Waals surface area (Å²) in [6, 6.07) is 61.3. The molecule has 0 saturated heterocycles. The SMILES string of the molecule is c1ccc(-c2ccc(-c3nc(-c4ccc5c(c4)-c4ccccc4C54c5ccccc5Sc5ccccc54)c4ccccc4n3)cc2)cc1. The molecule has 2 heterocycles. The molecule has 1 aromatic heterocycles. The summed E-state index contributed by atoms with van der Waals surface area (Å²) in [5, 5.41) is 1.05. The lowest BCUT2D eigenvalue weighted by Crippen LogP contribution is -2.31. The highest BCUT2D eigenvalue weighted by molar-refractivity contribution is 7.99. The fraction of sp³-hybridized carbons (Fsp3) is 0.0222. The number of nitrogens with zero attached hydrogens (tertiary/aromatic N) is 2. The van der Waals surface area contributed by atoms with E-state index in [0.29, 0.717) is 0 Å². The molecule has 1 aliphatic carbocycles. The van der Waals surface area contributed by atoms with Crippen LogP contribution in [0.1, 0.15) is 22.3 Å². The molecule has 8 aromatic rings. The van der Waals surface area contributed by atoms with Crippen LogP contribution in [0.4, 0.5) is 0 Å². The lowest BCUT2D eigenvalue weighted by molar-refractivity contribution is 0.722. The molecular formula is C45H28N2S. The van der Waals surface area contributed by atoms with E-state index in [4.69, 9.17) is 9.97 Å². The van der Waals surface area contributed by atoms with Crippen molar-refractivity contribution in [3.05, 3.63) is 192 Å². The van der Waals surface area contributed by atoms with Gasteiger partial charge in [-0.15, -0.1) is 0 Å². The van der Waals surface area contributed by atoms with Crippen molar-refractivity contribution in [3.63, 3.8) is 0 Å². The molecule has 7 aromatic carbocycles. The fourth-order valence-corrected chi connectivity index (χ4v) is 9.07. The van der Waals surface area contributed by atoms with Crippen molar-refractivity contribution in [2.45, 2.75) is 15.2 Å². The number of hydrogen-bond donors (Lipinski definition) is 0. The van der Waals surface area contributed by atoms with E-state index in [9.17, 15) is 0 Å². The van der Waals surface area contributed by atoms with Crippen molar-refractivity contribution in [1.82, 2.24) is 9.97 Å². The first kappa shape index (κ1) is 27.4. The van der Waals surface area contributed by atoms with Gasteiger partial charge in [0, 0.05) is 26.3 Å². The molecule has 224 valence electrons. The van der Waals surface area contributed by atoms with Gasteiger partial charge in [0.1, 0.15) is 0 Å². The van der Waals surface area contributed by atoms with Crippen LogP contribution in [0.15, 0.2) is 180 Å². The van der Waals surface area contributed by atoms with Crippen LogP contribution in [-0.4, -0.2) is 9.97 Å². The third kappa shape index (κ3) is 3.95. The summed E-state index contributed by atoms with van der Waals surface area (Å²) in [5.41, 5.74) is 13.9. The Balaban J connectivity index is 1.18. The predicted molar refractivity (Wildman–Crippen MR) is 197 cm³/mol. The van der Waals surface area contributed by atoms with Crippen LogP contribution >= 0.6 is 11.8 Å². The molecule has 0 amide bonds. The zero-order valence-electron chi connectivity index (χ0n) is 26.0. The van der Waals surface area contributed by atoms with Crippen molar-refractivity contribution in [3.8, 4) is 44.9 Å². The number of para-hydroxylation sites is 1. The van der Waals surface area contributed by atoms with E-state index < -0.39 is 0 Å². The quantitative estimate of drug-likeness (QED) is 0.195. The van der Waals surface area contributed by atoms with Gasteiger partial charge in [-0.3, -0.25) is 0 Å². The summed E-state index contributed by atoms with van der Waals surface area (Å²) in [4.78, 5) is 13.0. The van der Waals surface area contributed by atoms with Crippen molar-refractivity contribution in [1.29, 1.82) is 0 Å². The molecule has 10 rings (SSSR count). The van der Waals surface area contributed by atoms with Crippen molar-refractivity contribution in [2.75, 3.05) is 0 Å². The molecule has 0 unspecified atom stereocenters. The molecule has 48 heavy (non-hydrogen) atoms. The standard InChI is InChI=1S/C45H28N2S/c1-2-12-29(13-3-1)30-22-24-31(25-23-30)44-46-40-19-9-5-15-34(40)43(47-44)32-26-27-37-35(28-32)33-14-4-6-16-36(33)45(37)38-17-7-10-20-41(38)48-42-21-11-8-18-39(42)45/h1-28H. The van der Waals surface area contributed by atoms with Crippen LogP contribution in [0.25, 0.3) is 55.8 Å². The van der Waals surface area contributed by atoms with Gasteiger partial charge in [-0.05, 0) is 68.8 Å². The number of aromatic nitrogens is 2. The summed E-state index contributed by atoms with van der Waals surface area (Å²) in [6.45, 7) is 0. The topological polar surface area (TPSA) is 25.8 Å². The predicted octanol–water partition coefficient (Wildman–Crippen LogP) is 11.5. The van der Waals surface area contributed by atoms with Crippen LogP contribution in [-0.2, 0) is 5.41 Å². The Morgan fingerprint density at radius 1 is 0.396 bits per heavy atom. The van der Waals surface area contributed by atoms with Gasteiger partial charge in [0.15, 0.2) is 5.82 Å². The minimum absolute atomic E-state index is 0.387. The maximum atomic E-state index is 5.29. The highest BCUT2D eigenvalue weighted by Crippen LogP contribution is 2.62. The zero-order valence-corrected chi connectivity index (χ0v) is 26.8. The Labute approximate surface area is 283 Å². The molecule has 1 aliphatic heterocycles. The maximum absolute atomic E-state index is 5.29. The normalized spacial score (nSPS) is 13.5. The van der Waals surface area contributed by atoms with Gasteiger partial charge in [0.25, 0.3) is 0 Å². The summed E-state index contributed by atoms with van der Waals surface area (Å²) in [6.07, 6.45) is 0. The Kier molecular flexibility index (Phi) is 6.06. The van der Waals surface area contributed by atoms with Crippen LogP contribution in [0.3, 0.4) is 0 Å². The highest BCUT2D eigenvalue weighted by atomic mass is 32.2. The first-order valence-corrected chi connectivity index (χ1v) is 17.1. The minimum atomic E-state index is -0.387. The van der Waals surface area contributed by atoms with Gasteiger partial charge in [0.05, 0.1) is 16.6 Å². The molecule has 3 heteroatoms. The van der Waals surface area contributed by atoms with E-state index in [1.165, 1.54) is 54.3 Å². The third-order valence-corrected chi connectivity index (χ3v) is 11.1. The molecule has 0 saturated carbocycles. The van der Waals surface area contributed by atoms with Crippen molar-refractivity contribution < 1.29 is 0 Å². The lowest BCUT2D eigenvalue weighted by Gasteiger charge is -2.39. The van der Waals surface area contributed by atoms with E-state index in [1.807, 2.05) is 17.8 Å². The average molecular weight is 629 g/mol. The number of benzene rings is 7. The summed E-state index contributed by atoms with van der Waals surface area (Å²) in [7, 11) is 0. The van der Waals surface area contributed by atoms with Crippen molar-refractivity contribution >= 4 is 22.7 Å². The van der Waals surface area contributed by atoms with E-state index >= 15 is 0 Å². The Bertz CT molecular complexity index is 2490. The first-order valence-electron chi connectivity index (χ1n) is 16.3. The second-order valence-corrected chi connectivity index (χ2v) is 13.6. The zero-order chi connectivity index (χ0) is 31.7. The van der Waals surface area contributed by atoms with Gasteiger partial charge in [-0.25, -0.2) is 9.97 Å². The van der Waals surface area contributed by atoms with Crippen LogP contribution in [0, 0.1) is 0 Å². The largest absolute Gasteiger partial charge is 0.228 e. The number of fused-ring (bicyclic) bond motifs is 10. The van der Waals surface area contributed by atoms with Gasteiger partial charge >= 0.3 is 0 Å². The Morgan fingerprint density at radius 3 is 1.73 bits per heavy atom. The van der Waals surface area contributed by atoms with Gasteiger partial charge in [-0.1, -0.05) is 157 Å². The Hall–Kier alpha value is -5.77. The van der Waals surface area contributed by atoms with Gasteiger partial charge in [-0.2, -0.15) is 0 Å². The summed E-state index contributed by atoms with van der Waals surface area (Å²) < 4.78 is 0. The third-order valence-electron chi connectivity index (χ3n) is 9.97. The number of rotatable bonds is 3. The molecule has 0 atom stereocenters.